The van der Waals surface area contributed by atoms with Gasteiger partial charge in [-0.05, 0) is 54.4 Å². The zero-order valence-corrected chi connectivity index (χ0v) is 16.6. The van der Waals surface area contributed by atoms with E-state index in [1.165, 1.54) is 0 Å². The maximum Gasteiger partial charge on any atom is 0.408 e. The van der Waals surface area contributed by atoms with E-state index in [-0.39, 0.29) is 0 Å². The number of aldehydes is 1. The zero-order valence-electron chi connectivity index (χ0n) is 16.6. The van der Waals surface area contributed by atoms with Crippen LogP contribution in [0.3, 0.4) is 0 Å². The molecule has 0 radical (unpaired) electrons. The van der Waals surface area contributed by atoms with Crippen LogP contribution in [0.2, 0.25) is 0 Å². The summed E-state index contributed by atoms with van der Waals surface area (Å²) in [5.41, 5.74) is -1.24. The molecular formula is C19H35NO5. The summed E-state index contributed by atoms with van der Waals surface area (Å²) in [5, 5.41) is 2.63. The first-order valence-corrected chi connectivity index (χ1v) is 9.10. The Morgan fingerprint density at radius 1 is 0.880 bits per heavy atom. The van der Waals surface area contributed by atoms with Gasteiger partial charge in [-0.2, -0.15) is 0 Å². The number of nitrogens with one attached hydrogen (secondary N) is 1. The molecule has 1 amide bonds. The second-order valence-electron chi connectivity index (χ2n) is 8.24. The first kappa shape index (κ1) is 23.4. The van der Waals surface area contributed by atoms with E-state index in [4.69, 9.17) is 9.47 Å². The highest BCUT2D eigenvalue weighted by Gasteiger charge is 2.28. The molecule has 0 fully saturated rings. The molecule has 0 aliphatic heterocycles. The number of amides is 1. The summed E-state index contributed by atoms with van der Waals surface area (Å²) in [6.07, 6.45) is 6.04. The molecule has 25 heavy (non-hydrogen) atoms. The van der Waals surface area contributed by atoms with E-state index in [2.05, 4.69) is 5.32 Å². The van der Waals surface area contributed by atoms with Gasteiger partial charge in [0.25, 0.3) is 0 Å². The topological polar surface area (TPSA) is 81.7 Å². The summed E-state index contributed by atoms with van der Waals surface area (Å²) in [4.78, 5) is 34.6. The predicted octanol–water partition coefficient (Wildman–Crippen LogP) is 4.15. The largest absolute Gasteiger partial charge is 0.458 e. The second-order valence-corrected chi connectivity index (χ2v) is 8.24. The van der Waals surface area contributed by atoms with Crippen LogP contribution in [0.5, 0.6) is 0 Å². The fraction of sp³-hybridized carbons (Fsp3) is 0.842. The van der Waals surface area contributed by atoms with Crippen LogP contribution in [0, 0.1) is 0 Å². The van der Waals surface area contributed by atoms with Gasteiger partial charge >= 0.3 is 12.1 Å². The van der Waals surface area contributed by atoms with Crippen molar-refractivity contribution >= 4 is 18.3 Å². The molecule has 0 aromatic heterocycles. The number of hydrogen-bond donors (Lipinski definition) is 1. The Hall–Kier alpha value is -1.59. The van der Waals surface area contributed by atoms with Crippen LogP contribution in [0.25, 0.3) is 0 Å². The highest BCUT2D eigenvalue weighted by Crippen LogP contribution is 2.14. The van der Waals surface area contributed by atoms with Crippen molar-refractivity contribution in [2.45, 2.75) is 104 Å². The van der Waals surface area contributed by atoms with Crippen LogP contribution >= 0.6 is 0 Å². The summed E-state index contributed by atoms with van der Waals surface area (Å²) in [6.45, 7) is 10.7. The average molecular weight is 357 g/mol. The van der Waals surface area contributed by atoms with Gasteiger partial charge in [0.15, 0.2) is 0 Å². The second kappa shape index (κ2) is 11.1. The summed E-state index contributed by atoms with van der Waals surface area (Å²) in [6, 6.07) is -0.718. The molecule has 0 aliphatic rings. The maximum atomic E-state index is 12.3. The number of esters is 1. The smallest absolute Gasteiger partial charge is 0.408 e. The summed E-state index contributed by atoms with van der Waals surface area (Å²) in [7, 11) is 0. The van der Waals surface area contributed by atoms with Crippen molar-refractivity contribution < 1.29 is 23.9 Å². The minimum absolute atomic E-state index is 0.445. The van der Waals surface area contributed by atoms with Gasteiger partial charge < -0.3 is 19.6 Å². The Morgan fingerprint density at radius 3 is 1.92 bits per heavy atom. The lowest BCUT2D eigenvalue weighted by Gasteiger charge is -2.26. The van der Waals surface area contributed by atoms with Gasteiger partial charge in [-0.3, -0.25) is 0 Å². The fourth-order valence-corrected chi connectivity index (χ4v) is 2.18. The molecule has 1 atom stereocenters. The predicted molar refractivity (Wildman–Crippen MR) is 97.4 cm³/mol. The van der Waals surface area contributed by atoms with Crippen molar-refractivity contribution in [3.63, 3.8) is 0 Å². The monoisotopic (exact) mass is 357 g/mol. The summed E-state index contributed by atoms with van der Waals surface area (Å²) < 4.78 is 10.6. The SMILES string of the molecule is CC(C)(C)OC(=O)NC(CCCCCCCC=O)C(=O)OC(C)(C)C. The molecule has 0 aromatic rings. The van der Waals surface area contributed by atoms with Crippen LogP contribution in [-0.2, 0) is 19.1 Å². The molecule has 0 rings (SSSR count). The lowest BCUT2D eigenvalue weighted by molar-refractivity contribution is -0.157. The maximum absolute atomic E-state index is 12.3. The Kier molecular flexibility index (Phi) is 10.4. The molecule has 146 valence electrons. The Balaban J connectivity index is 4.50. The first-order chi connectivity index (χ1) is 11.4. The zero-order chi connectivity index (χ0) is 19.5. The Bertz CT molecular complexity index is 421. The number of ether oxygens (including phenoxy) is 2. The summed E-state index contributed by atoms with van der Waals surface area (Å²) in [5.74, 6) is -0.445. The van der Waals surface area contributed by atoms with Gasteiger partial charge in [0.1, 0.15) is 23.5 Å². The van der Waals surface area contributed by atoms with Crippen LogP contribution < -0.4 is 5.32 Å². The van der Waals surface area contributed by atoms with Crippen molar-refractivity contribution in [1.29, 1.82) is 0 Å². The molecule has 0 saturated heterocycles. The molecule has 6 heteroatoms. The number of unbranched alkanes of at least 4 members (excludes halogenated alkanes) is 5. The highest BCUT2D eigenvalue weighted by atomic mass is 16.6. The van der Waals surface area contributed by atoms with Crippen molar-refractivity contribution in [2.24, 2.45) is 0 Å². The van der Waals surface area contributed by atoms with E-state index in [9.17, 15) is 14.4 Å². The van der Waals surface area contributed by atoms with Gasteiger partial charge in [-0.1, -0.05) is 25.7 Å². The molecule has 6 nitrogen and oxygen atoms in total. The van der Waals surface area contributed by atoms with Crippen molar-refractivity contribution in [2.75, 3.05) is 0 Å². The summed E-state index contributed by atoms with van der Waals surface area (Å²) >= 11 is 0. The van der Waals surface area contributed by atoms with Gasteiger partial charge in [-0.25, -0.2) is 9.59 Å². The van der Waals surface area contributed by atoms with E-state index in [1.807, 2.05) is 0 Å². The molecular weight excluding hydrogens is 322 g/mol. The third-order valence-corrected chi connectivity index (χ3v) is 3.20. The van der Waals surface area contributed by atoms with E-state index in [0.717, 1.165) is 38.4 Å². The van der Waals surface area contributed by atoms with E-state index in [0.29, 0.717) is 12.8 Å². The van der Waals surface area contributed by atoms with Crippen molar-refractivity contribution in [3.8, 4) is 0 Å². The van der Waals surface area contributed by atoms with E-state index >= 15 is 0 Å². The minimum Gasteiger partial charge on any atom is -0.458 e. The molecule has 0 spiro atoms. The Labute approximate surface area is 152 Å². The quantitative estimate of drug-likeness (QED) is 0.361. The van der Waals surface area contributed by atoms with Crippen LogP contribution in [0.4, 0.5) is 4.79 Å². The lowest BCUT2D eigenvalue weighted by Crippen LogP contribution is -2.46. The number of carbonyl (C=O) groups is 3. The molecule has 0 aromatic carbocycles. The fourth-order valence-electron chi connectivity index (χ4n) is 2.18. The third kappa shape index (κ3) is 14.5. The van der Waals surface area contributed by atoms with Gasteiger partial charge in [-0.15, -0.1) is 0 Å². The van der Waals surface area contributed by atoms with Crippen molar-refractivity contribution in [1.82, 2.24) is 5.32 Å². The first-order valence-electron chi connectivity index (χ1n) is 9.10. The van der Waals surface area contributed by atoms with Crippen LogP contribution in [0.15, 0.2) is 0 Å². The standard InChI is InChI=1S/C19H35NO5/c1-18(2,3)24-16(22)15(20-17(23)25-19(4,5)6)13-11-9-7-8-10-12-14-21/h14-15H,7-13H2,1-6H3,(H,20,23). The number of alkyl carbamates (subject to hydrolysis) is 1. The van der Waals surface area contributed by atoms with Gasteiger partial charge in [0.05, 0.1) is 0 Å². The number of carbonyl (C=O) groups excluding carboxylic acids is 3. The minimum atomic E-state index is -0.718. The molecule has 0 bridgehead atoms. The normalized spacial score (nSPS) is 13.0. The molecule has 0 aliphatic carbocycles. The Morgan fingerprint density at radius 2 is 1.40 bits per heavy atom. The van der Waals surface area contributed by atoms with E-state index in [1.54, 1.807) is 41.5 Å². The van der Waals surface area contributed by atoms with Crippen molar-refractivity contribution in [3.05, 3.63) is 0 Å². The van der Waals surface area contributed by atoms with Gasteiger partial charge in [0, 0.05) is 6.42 Å². The number of hydrogen-bond acceptors (Lipinski definition) is 5. The average Bonchev–Trinajstić information content (AvgIpc) is 2.41. The number of rotatable bonds is 10. The molecule has 0 saturated carbocycles. The molecule has 1 N–H and O–H groups in total. The lowest BCUT2D eigenvalue weighted by atomic mass is 10.1. The van der Waals surface area contributed by atoms with Crippen LogP contribution in [0.1, 0.15) is 86.5 Å². The molecule has 1 unspecified atom stereocenters. The van der Waals surface area contributed by atoms with Gasteiger partial charge in [0.2, 0.25) is 0 Å². The molecule has 0 heterocycles. The van der Waals surface area contributed by atoms with Crippen LogP contribution in [-0.4, -0.2) is 35.6 Å². The highest BCUT2D eigenvalue weighted by molar-refractivity contribution is 5.81. The third-order valence-electron chi connectivity index (χ3n) is 3.20. The van der Waals surface area contributed by atoms with E-state index < -0.39 is 29.3 Å².